The van der Waals surface area contributed by atoms with Crippen molar-refractivity contribution in [2.45, 2.75) is 20.0 Å². The van der Waals surface area contributed by atoms with Gasteiger partial charge in [0.1, 0.15) is 0 Å². The van der Waals surface area contributed by atoms with Gasteiger partial charge in [0.25, 0.3) is 0 Å². The molecule has 2 aromatic rings. The van der Waals surface area contributed by atoms with Gasteiger partial charge in [-0.2, -0.15) is 0 Å². The van der Waals surface area contributed by atoms with Crippen molar-refractivity contribution in [2.24, 2.45) is 0 Å². The van der Waals surface area contributed by atoms with E-state index in [-0.39, 0.29) is 0 Å². The molecule has 0 atom stereocenters. The van der Waals surface area contributed by atoms with Gasteiger partial charge in [0.2, 0.25) is 5.88 Å². The minimum atomic E-state index is 0.666. The first kappa shape index (κ1) is 11.6. The molecule has 0 amide bonds. The van der Waals surface area contributed by atoms with E-state index in [1.165, 1.54) is 0 Å². The topological polar surface area (TPSA) is 62.8 Å². The molecule has 0 radical (unpaired) electrons. The van der Waals surface area contributed by atoms with Crippen LogP contribution in [0.25, 0.3) is 0 Å². The molecule has 0 aliphatic carbocycles. The third kappa shape index (κ3) is 2.82. The van der Waals surface area contributed by atoms with Gasteiger partial charge in [-0.1, -0.05) is 6.07 Å². The number of imidazole rings is 1. The molecule has 17 heavy (non-hydrogen) atoms. The molecule has 5 nitrogen and oxygen atoms in total. The number of aryl methyl sites for hydroxylation is 1. The van der Waals surface area contributed by atoms with Crippen LogP contribution in [-0.2, 0) is 13.1 Å². The standard InChI is InChI=1S/C12H16N4O/c1-9-11(16-8-15-9)7-13-6-10-4-3-5-14-12(10)17-2/h3-5,8,13H,6-7H2,1-2H3,(H,15,16). The number of H-pyrrole nitrogens is 1. The van der Waals surface area contributed by atoms with Crippen LogP contribution in [0.2, 0.25) is 0 Å². The van der Waals surface area contributed by atoms with E-state index >= 15 is 0 Å². The molecular weight excluding hydrogens is 216 g/mol. The summed E-state index contributed by atoms with van der Waals surface area (Å²) in [6.07, 6.45) is 3.43. The van der Waals surface area contributed by atoms with Crippen molar-refractivity contribution in [3.63, 3.8) is 0 Å². The first-order valence-electron chi connectivity index (χ1n) is 5.48. The minimum Gasteiger partial charge on any atom is -0.481 e. The fourth-order valence-electron chi connectivity index (χ4n) is 1.62. The van der Waals surface area contributed by atoms with Gasteiger partial charge in [0.05, 0.1) is 19.1 Å². The Kier molecular flexibility index (Phi) is 3.72. The second-order valence-corrected chi connectivity index (χ2v) is 3.75. The van der Waals surface area contributed by atoms with Crippen LogP contribution in [-0.4, -0.2) is 22.1 Å². The number of rotatable bonds is 5. The maximum Gasteiger partial charge on any atom is 0.217 e. The number of aromatic nitrogens is 3. The third-order valence-electron chi connectivity index (χ3n) is 2.59. The predicted molar refractivity (Wildman–Crippen MR) is 64.7 cm³/mol. The Labute approximate surface area is 100 Å². The summed E-state index contributed by atoms with van der Waals surface area (Å²) < 4.78 is 5.18. The first-order chi connectivity index (χ1) is 8.31. The summed E-state index contributed by atoms with van der Waals surface area (Å²) in [4.78, 5) is 11.4. The summed E-state index contributed by atoms with van der Waals surface area (Å²) in [6, 6.07) is 3.90. The number of nitrogens with zero attached hydrogens (tertiary/aromatic N) is 2. The second-order valence-electron chi connectivity index (χ2n) is 3.75. The zero-order valence-electron chi connectivity index (χ0n) is 10.0. The number of aromatic amines is 1. The summed E-state index contributed by atoms with van der Waals surface area (Å²) in [6.45, 7) is 3.45. The van der Waals surface area contributed by atoms with Gasteiger partial charge in [0, 0.05) is 30.5 Å². The Morgan fingerprint density at radius 1 is 1.35 bits per heavy atom. The molecule has 0 saturated heterocycles. The SMILES string of the molecule is COc1ncccc1CNCc1nc[nH]c1C. The molecule has 0 spiro atoms. The summed E-state index contributed by atoms with van der Waals surface area (Å²) in [5.74, 6) is 0.666. The Balaban J connectivity index is 1.92. The van der Waals surface area contributed by atoms with Crippen molar-refractivity contribution in [1.29, 1.82) is 0 Å². The lowest BCUT2D eigenvalue weighted by Gasteiger charge is -2.07. The minimum absolute atomic E-state index is 0.666. The third-order valence-corrected chi connectivity index (χ3v) is 2.59. The van der Waals surface area contributed by atoms with E-state index in [1.54, 1.807) is 19.6 Å². The molecule has 2 heterocycles. The van der Waals surface area contributed by atoms with Gasteiger partial charge in [0.15, 0.2) is 0 Å². The monoisotopic (exact) mass is 232 g/mol. The number of ether oxygens (including phenoxy) is 1. The number of pyridine rings is 1. The fraction of sp³-hybridized carbons (Fsp3) is 0.333. The van der Waals surface area contributed by atoms with E-state index in [9.17, 15) is 0 Å². The van der Waals surface area contributed by atoms with Gasteiger partial charge >= 0.3 is 0 Å². The summed E-state index contributed by atoms with van der Waals surface area (Å²) in [7, 11) is 1.63. The lowest BCUT2D eigenvalue weighted by molar-refractivity contribution is 0.390. The molecular formula is C12H16N4O. The van der Waals surface area contributed by atoms with E-state index < -0.39 is 0 Å². The summed E-state index contributed by atoms with van der Waals surface area (Å²) in [5.41, 5.74) is 3.17. The lowest BCUT2D eigenvalue weighted by atomic mass is 10.2. The molecule has 90 valence electrons. The van der Waals surface area contributed by atoms with Crippen LogP contribution in [0.15, 0.2) is 24.7 Å². The zero-order valence-corrected chi connectivity index (χ0v) is 10.0. The molecule has 2 N–H and O–H groups in total. The number of hydrogen-bond acceptors (Lipinski definition) is 4. The van der Waals surface area contributed by atoms with Gasteiger partial charge < -0.3 is 15.0 Å². The lowest BCUT2D eigenvalue weighted by Crippen LogP contribution is -2.14. The highest BCUT2D eigenvalue weighted by Crippen LogP contribution is 2.13. The normalized spacial score (nSPS) is 10.5. The van der Waals surface area contributed by atoms with Crippen LogP contribution in [0.4, 0.5) is 0 Å². The predicted octanol–water partition coefficient (Wildman–Crippen LogP) is 1.41. The second kappa shape index (κ2) is 5.45. The van der Waals surface area contributed by atoms with Crippen LogP contribution < -0.4 is 10.1 Å². The van der Waals surface area contributed by atoms with Crippen molar-refractivity contribution < 1.29 is 4.74 Å². The molecule has 0 aromatic carbocycles. The van der Waals surface area contributed by atoms with Gasteiger partial charge in [-0.05, 0) is 13.0 Å². The first-order valence-corrected chi connectivity index (χ1v) is 5.48. The molecule has 0 fully saturated rings. The van der Waals surface area contributed by atoms with E-state index in [4.69, 9.17) is 4.74 Å². The molecule has 0 saturated carbocycles. The average molecular weight is 232 g/mol. The molecule has 0 unspecified atom stereocenters. The highest BCUT2D eigenvalue weighted by Gasteiger charge is 2.04. The molecule has 0 bridgehead atoms. The van der Waals surface area contributed by atoms with Crippen molar-refractivity contribution >= 4 is 0 Å². The fourth-order valence-corrected chi connectivity index (χ4v) is 1.62. The Hall–Kier alpha value is -1.88. The maximum absolute atomic E-state index is 5.18. The maximum atomic E-state index is 5.18. The number of nitrogens with one attached hydrogen (secondary N) is 2. The van der Waals surface area contributed by atoms with Crippen LogP contribution >= 0.6 is 0 Å². The highest BCUT2D eigenvalue weighted by molar-refractivity contribution is 5.25. The van der Waals surface area contributed by atoms with Gasteiger partial charge in [-0.25, -0.2) is 9.97 Å². The Bertz CT molecular complexity index is 481. The smallest absolute Gasteiger partial charge is 0.217 e. The van der Waals surface area contributed by atoms with Crippen LogP contribution in [0.3, 0.4) is 0 Å². The highest BCUT2D eigenvalue weighted by atomic mass is 16.5. The number of hydrogen-bond donors (Lipinski definition) is 2. The van der Waals surface area contributed by atoms with Crippen LogP contribution in [0.5, 0.6) is 5.88 Å². The average Bonchev–Trinajstić information content (AvgIpc) is 2.76. The van der Waals surface area contributed by atoms with Gasteiger partial charge in [-0.15, -0.1) is 0 Å². The molecule has 0 aliphatic heterocycles. The Morgan fingerprint density at radius 2 is 2.24 bits per heavy atom. The summed E-state index contributed by atoms with van der Waals surface area (Å²) >= 11 is 0. The molecule has 2 aromatic heterocycles. The zero-order chi connectivity index (χ0) is 12.1. The van der Waals surface area contributed by atoms with Crippen molar-refractivity contribution in [3.8, 4) is 5.88 Å². The van der Waals surface area contributed by atoms with E-state index in [2.05, 4.69) is 20.3 Å². The molecule has 0 aliphatic rings. The molecule has 2 rings (SSSR count). The van der Waals surface area contributed by atoms with Gasteiger partial charge in [-0.3, -0.25) is 0 Å². The summed E-state index contributed by atoms with van der Waals surface area (Å²) in [5, 5.41) is 3.32. The van der Waals surface area contributed by atoms with E-state index in [0.717, 1.165) is 23.5 Å². The van der Waals surface area contributed by atoms with Crippen LogP contribution in [0, 0.1) is 6.92 Å². The quantitative estimate of drug-likeness (QED) is 0.818. The Morgan fingerprint density at radius 3 is 2.94 bits per heavy atom. The van der Waals surface area contributed by atoms with Crippen molar-refractivity contribution in [1.82, 2.24) is 20.3 Å². The van der Waals surface area contributed by atoms with E-state index in [1.807, 2.05) is 19.1 Å². The van der Waals surface area contributed by atoms with E-state index in [0.29, 0.717) is 12.4 Å². The molecule has 5 heteroatoms. The largest absolute Gasteiger partial charge is 0.481 e. The van der Waals surface area contributed by atoms with Crippen LogP contribution in [0.1, 0.15) is 17.0 Å². The number of methoxy groups -OCH3 is 1. The van der Waals surface area contributed by atoms with Crippen molar-refractivity contribution in [3.05, 3.63) is 41.6 Å². The van der Waals surface area contributed by atoms with Crippen molar-refractivity contribution in [2.75, 3.05) is 7.11 Å².